The van der Waals surface area contributed by atoms with Crippen LogP contribution in [0.25, 0.3) is 0 Å². The molecule has 0 aliphatic carbocycles. The van der Waals surface area contributed by atoms with Gasteiger partial charge in [-0.3, -0.25) is 0 Å². The van der Waals surface area contributed by atoms with Crippen molar-refractivity contribution in [2.24, 2.45) is 5.73 Å². The van der Waals surface area contributed by atoms with Crippen LogP contribution in [-0.2, 0) is 27.4 Å². The lowest BCUT2D eigenvalue weighted by Gasteiger charge is -2.44. The van der Waals surface area contributed by atoms with Gasteiger partial charge in [0, 0.05) is 0 Å². The summed E-state index contributed by atoms with van der Waals surface area (Å²) in [5.74, 6) is 0.949. The Morgan fingerprint density at radius 3 is 1.93 bits per heavy atom. The normalized spacial score (nSPS) is 28.2. The molecule has 1 heterocycles. The second-order valence-electron chi connectivity index (χ2n) is 6.76. The van der Waals surface area contributed by atoms with Crippen LogP contribution in [0.3, 0.4) is 0 Å². The van der Waals surface area contributed by atoms with Crippen molar-refractivity contribution in [1.29, 1.82) is 0 Å². The van der Waals surface area contributed by atoms with Gasteiger partial charge in [-0.15, -0.1) is 11.8 Å². The molecule has 2 aromatic rings. The Labute approximate surface area is 166 Å². The molecule has 0 bridgehead atoms. The Balaban J connectivity index is 1.66. The average molecular weight is 388 g/mol. The molecule has 0 spiro atoms. The van der Waals surface area contributed by atoms with Crippen LogP contribution in [0, 0.1) is 0 Å². The fraction of sp³-hybridized carbons (Fsp3) is 0.455. The van der Waals surface area contributed by atoms with E-state index >= 15 is 0 Å². The molecule has 2 N–H and O–H groups in total. The van der Waals surface area contributed by atoms with E-state index in [0.717, 1.165) is 16.9 Å². The molecule has 5 atom stereocenters. The highest BCUT2D eigenvalue weighted by molar-refractivity contribution is 7.99. The van der Waals surface area contributed by atoms with Gasteiger partial charge in [0.15, 0.2) is 0 Å². The van der Waals surface area contributed by atoms with Gasteiger partial charge in [0.05, 0.1) is 25.4 Å². The Kier molecular flexibility index (Phi) is 7.73. The summed E-state index contributed by atoms with van der Waals surface area (Å²) in [6, 6.07) is 20.0. The zero-order chi connectivity index (χ0) is 19.1. The molecule has 1 saturated heterocycles. The number of nitrogens with two attached hydrogens (primary N) is 1. The predicted octanol–water partition coefficient (Wildman–Crippen LogP) is 3.98. The second kappa shape index (κ2) is 10.2. The number of hydrogen-bond acceptors (Lipinski definition) is 5. The third-order valence-electron chi connectivity index (χ3n) is 4.74. The number of thioether (sulfide) groups is 1. The van der Waals surface area contributed by atoms with Gasteiger partial charge in [-0.2, -0.15) is 0 Å². The highest BCUT2D eigenvalue weighted by Gasteiger charge is 2.43. The minimum Gasteiger partial charge on any atom is -0.369 e. The maximum atomic E-state index is 6.62. The molecule has 0 amide bonds. The first-order valence-corrected chi connectivity index (χ1v) is 10.6. The van der Waals surface area contributed by atoms with Crippen LogP contribution >= 0.6 is 11.8 Å². The molecule has 0 unspecified atom stereocenters. The Morgan fingerprint density at radius 1 is 0.889 bits per heavy atom. The molecule has 4 nitrogen and oxygen atoms in total. The summed E-state index contributed by atoms with van der Waals surface area (Å²) in [5, 5.41) is 0. The minimum atomic E-state index is -0.245. The van der Waals surface area contributed by atoms with Gasteiger partial charge in [-0.1, -0.05) is 67.6 Å². The Morgan fingerprint density at radius 2 is 1.41 bits per heavy atom. The largest absolute Gasteiger partial charge is 0.369 e. The molecule has 27 heavy (non-hydrogen) atoms. The van der Waals surface area contributed by atoms with E-state index in [-0.39, 0.29) is 29.8 Å². The van der Waals surface area contributed by atoms with Crippen LogP contribution in [0.5, 0.6) is 0 Å². The lowest BCUT2D eigenvalue weighted by molar-refractivity contribution is -0.181. The van der Waals surface area contributed by atoms with Gasteiger partial charge in [-0.05, 0) is 23.8 Å². The lowest BCUT2D eigenvalue weighted by atomic mass is 9.98. The van der Waals surface area contributed by atoms with E-state index < -0.39 is 0 Å². The second-order valence-corrected chi connectivity index (χ2v) is 8.14. The van der Waals surface area contributed by atoms with Crippen molar-refractivity contribution >= 4 is 11.8 Å². The molecule has 2 aromatic carbocycles. The van der Waals surface area contributed by atoms with Crippen LogP contribution in [0.1, 0.15) is 25.0 Å². The van der Waals surface area contributed by atoms with Crippen LogP contribution < -0.4 is 5.73 Å². The Hall–Kier alpha value is -1.37. The molecule has 1 fully saturated rings. The maximum Gasteiger partial charge on any atom is 0.131 e. The number of benzene rings is 2. The molecule has 1 aliphatic heterocycles. The first-order valence-electron chi connectivity index (χ1n) is 9.52. The molecule has 0 saturated carbocycles. The van der Waals surface area contributed by atoms with Crippen molar-refractivity contribution < 1.29 is 14.2 Å². The van der Waals surface area contributed by atoms with E-state index in [1.54, 1.807) is 11.8 Å². The van der Waals surface area contributed by atoms with Crippen molar-refractivity contribution in [3.8, 4) is 0 Å². The predicted molar refractivity (Wildman–Crippen MR) is 110 cm³/mol. The van der Waals surface area contributed by atoms with Crippen molar-refractivity contribution in [1.82, 2.24) is 0 Å². The van der Waals surface area contributed by atoms with E-state index in [1.807, 2.05) is 43.3 Å². The summed E-state index contributed by atoms with van der Waals surface area (Å²) in [7, 11) is 0. The van der Waals surface area contributed by atoms with Gasteiger partial charge in [0.25, 0.3) is 0 Å². The van der Waals surface area contributed by atoms with Gasteiger partial charge in [0.2, 0.25) is 0 Å². The van der Waals surface area contributed by atoms with Gasteiger partial charge < -0.3 is 19.9 Å². The maximum absolute atomic E-state index is 6.62. The van der Waals surface area contributed by atoms with Crippen molar-refractivity contribution in [2.45, 2.75) is 56.9 Å². The standard InChI is InChI=1S/C22H29NO3S/c1-3-27-22-21(25-15-18-12-8-5-9-13-18)19(23)20(16(2)26-22)24-14-17-10-6-4-7-11-17/h4-13,16,19-22H,3,14-15,23H2,1-2H3/t16-,19+,20+,21-,22+/m1/s1. The zero-order valence-electron chi connectivity index (χ0n) is 16.0. The van der Waals surface area contributed by atoms with E-state index in [2.05, 4.69) is 31.2 Å². The molecule has 1 aliphatic rings. The smallest absolute Gasteiger partial charge is 0.131 e. The van der Waals surface area contributed by atoms with Crippen LogP contribution in [-0.4, -0.2) is 35.5 Å². The van der Waals surface area contributed by atoms with E-state index in [0.29, 0.717) is 13.2 Å². The molecular formula is C22H29NO3S. The van der Waals surface area contributed by atoms with Crippen molar-refractivity contribution in [3.63, 3.8) is 0 Å². The fourth-order valence-electron chi connectivity index (χ4n) is 3.32. The van der Waals surface area contributed by atoms with Crippen LogP contribution in [0.15, 0.2) is 60.7 Å². The van der Waals surface area contributed by atoms with Gasteiger partial charge in [0.1, 0.15) is 17.6 Å². The van der Waals surface area contributed by atoms with Crippen LogP contribution in [0.2, 0.25) is 0 Å². The summed E-state index contributed by atoms with van der Waals surface area (Å²) in [6.07, 6.45) is -0.504. The molecular weight excluding hydrogens is 358 g/mol. The van der Waals surface area contributed by atoms with E-state index in [1.165, 1.54) is 0 Å². The number of ether oxygens (including phenoxy) is 3. The molecule has 146 valence electrons. The molecule has 0 aromatic heterocycles. The molecule has 5 heteroatoms. The van der Waals surface area contributed by atoms with Crippen LogP contribution in [0.4, 0.5) is 0 Å². The number of rotatable bonds is 8. The SMILES string of the molecule is CCS[C@@H]1O[C@H](C)[C@H](OCc2ccccc2)[C@H](N)[C@H]1OCc1ccccc1. The topological polar surface area (TPSA) is 53.7 Å². The van der Waals surface area contributed by atoms with E-state index in [9.17, 15) is 0 Å². The molecule has 3 rings (SSSR count). The first kappa shape index (κ1) is 20.4. The highest BCUT2D eigenvalue weighted by atomic mass is 32.2. The lowest BCUT2D eigenvalue weighted by Crippen LogP contribution is -2.61. The fourth-order valence-corrected chi connectivity index (χ4v) is 4.35. The summed E-state index contributed by atoms with van der Waals surface area (Å²) < 4.78 is 18.6. The first-order chi connectivity index (χ1) is 13.2. The summed E-state index contributed by atoms with van der Waals surface area (Å²) in [4.78, 5) is 0. The summed E-state index contributed by atoms with van der Waals surface area (Å²) in [5.41, 5.74) is 8.79. The van der Waals surface area contributed by atoms with E-state index in [4.69, 9.17) is 19.9 Å². The summed E-state index contributed by atoms with van der Waals surface area (Å²) >= 11 is 1.74. The highest BCUT2D eigenvalue weighted by Crippen LogP contribution is 2.31. The summed E-state index contributed by atoms with van der Waals surface area (Å²) in [6.45, 7) is 5.19. The third kappa shape index (κ3) is 5.56. The monoisotopic (exact) mass is 387 g/mol. The average Bonchev–Trinajstić information content (AvgIpc) is 2.69. The number of hydrogen-bond donors (Lipinski definition) is 1. The van der Waals surface area contributed by atoms with Crippen molar-refractivity contribution in [3.05, 3.63) is 71.8 Å². The van der Waals surface area contributed by atoms with Crippen molar-refractivity contribution in [2.75, 3.05) is 5.75 Å². The quantitative estimate of drug-likeness (QED) is 0.742. The Bertz CT molecular complexity index is 670. The van der Waals surface area contributed by atoms with Gasteiger partial charge >= 0.3 is 0 Å². The molecule has 0 radical (unpaired) electrons. The van der Waals surface area contributed by atoms with Gasteiger partial charge in [-0.25, -0.2) is 0 Å². The minimum absolute atomic E-state index is 0.0793. The zero-order valence-corrected chi connectivity index (χ0v) is 16.8. The third-order valence-corrected chi connectivity index (χ3v) is 5.78.